The number of nitrogens with one attached hydrogen (secondary N) is 3. The number of sulfonamides is 1. The van der Waals surface area contributed by atoms with E-state index in [9.17, 15) is 18.0 Å². The Morgan fingerprint density at radius 2 is 1.81 bits per heavy atom. The van der Waals surface area contributed by atoms with Gasteiger partial charge < -0.3 is 5.32 Å². The van der Waals surface area contributed by atoms with E-state index in [1.54, 1.807) is 0 Å². The summed E-state index contributed by atoms with van der Waals surface area (Å²) in [7, 11) is -3.71. The Bertz CT molecular complexity index is 890. The van der Waals surface area contributed by atoms with Crippen molar-refractivity contribution in [3.8, 4) is 0 Å². The maximum atomic E-state index is 12.5. The Morgan fingerprint density at radius 1 is 1.04 bits per heavy atom. The summed E-state index contributed by atoms with van der Waals surface area (Å²) < 4.78 is 27.5. The molecule has 10 heteroatoms. The van der Waals surface area contributed by atoms with Crippen LogP contribution in [0.1, 0.15) is 38.5 Å². The number of carbonyl (C=O) groups is 2. The van der Waals surface area contributed by atoms with Gasteiger partial charge in [0.1, 0.15) is 11.5 Å². The maximum Gasteiger partial charge on any atom is 0.271 e. The standard InChI is InChI=1S/C17H21N5O4S/c23-16-10-9-14(20-21-16)17(24)19-12-5-7-13(8-6-12)27(25,26)22-15-4-2-1-3-11-18-15/h5-8H,1-4,9-11H2,(H,18,22)(H,19,24)(H,21,23). The number of anilines is 1. The fourth-order valence-electron chi connectivity index (χ4n) is 2.73. The summed E-state index contributed by atoms with van der Waals surface area (Å²) in [5.41, 5.74) is 2.92. The molecule has 0 fully saturated rings. The van der Waals surface area contributed by atoms with Crippen molar-refractivity contribution in [1.82, 2.24) is 10.1 Å². The van der Waals surface area contributed by atoms with E-state index in [1.165, 1.54) is 24.3 Å². The molecule has 3 rings (SSSR count). The zero-order chi connectivity index (χ0) is 19.3. The van der Waals surface area contributed by atoms with Crippen molar-refractivity contribution in [3.63, 3.8) is 0 Å². The maximum absolute atomic E-state index is 12.5. The van der Waals surface area contributed by atoms with Crippen LogP contribution in [0.4, 0.5) is 5.69 Å². The molecule has 2 amide bonds. The van der Waals surface area contributed by atoms with Gasteiger partial charge in [-0.25, -0.2) is 13.8 Å². The third kappa shape index (κ3) is 5.13. The first-order chi connectivity index (χ1) is 12.9. The van der Waals surface area contributed by atoms with Crippen LogP contribution >= 0.6 is 0 Å². The number of hydrogen-bond donors (Lipinski definition) is 3. The Hall–Kier alpha value is -2.75. The molecule has 9 nitrogen and oxygen atoms in total. The molecular weight excluding hydrogens is 370 g/mol. The van der Waals surface area contributed by atoms with Crippen LogP contribution in [0.2, 0.25) is 0 Å². The summed E-state index contributed by atoms with van der Waals surface area (Å²) in [6, 6.07) is 5.84. The predicted molar refractivity (Wildman–Crippen MR) is 101 cm³/mol. The first kappa shape index (κ1) is 19.0. The number of rotatable bonds is 4. The normalized spacial score (nSPS) is 17.9. The number of aliphatic imine (C=N–C) groups is 1. The van der Waals surface area contributed by atoms with Gasteiger partial charge in [-0.1, -0.05) is 6.42 Å². The van der Waals surface area contributed by atoms with Crippen LogP contribution in [0.15, 0.2) is 39.3 Å². The molecule has 0 unspecified atom stereocenters. The van der Waals surface area contributed by atoms with Crippen LogP contribution in [-0.4, -0.2) is 38.3 Å². The minimum absolute atomic E-state index is 0.0923. The monoisotopic (exact) mass is 391 g/mol. The lowest BCUT2D eigenvalue weighted by Gasteiger charge is -2.13. The van der Waals surface area contributed by atoms with Crippen LogP contribution in [0.5, 0.6) is 0 Å². The summed E-state index contributed by atoms with van der Waals surface area (Å²) in [6.07, 6.45) is 4.00. The minimum Gasteiger partial charge on any atom is -0.321 e. The van der Waals surface area contributed by atoms with E-state index in [0.29, 0.717) is 24.5 Å². The van der Waals surface area contributed by atoms with Crippen molar-refractivity contribution in [3.05, 3.63) is 24.3 Å². The van der Waals surface area contributed by atoms with E-state index in [-0.39, 0.29) is 29.4 Å². The second-order valence-electron chi connectivity index (χ2n) is 6.32. The van der Waals surface area contributed by atoms with Crippen molar-refractivity contribution >= 4 is 39.1 Å². The van der Waals surface area contributed by atoms with E-state index >= 15 is 0 Å². The van der Waals surface area contributed by atoms with E-state index in [2.05, 4.69) is 25.6 Å². The molecule has 0 atom stereocenters. The lowest BCUT2D eigenvalue weighted by molar-refractivity contribution is -0.121. The summed E-state index contributed by atoms with van der Waals surface area (Å²) in [5.74, 6) is -0.175. The van der Waals surface area contributed by atoms with Gasteiger partial charge in [-0.3, -0.25) is 19.3 Å². The Morgan fingerprint density at radius 3 is 2.52 bits per heavy atom. The predicted octanol–water partition coefficient (Wildman–Crippen LogP) is 1.14. The number of amidine groups is 1. The van der Waals surface area contributed by atoms with Crippen molar-refractivity contribution in [2.24, 2.45) is 10.1 Å². The number of carbonyl (C=O) groups excluding carboxylic acids is 2. The minimum atomic E-state index is -3.71. The Balaban J connectivity index is 1.64. The molecule has 0 saturated carbocycles. The highest BCUT2D eigenvalue weighted by Gasteiger charge is 2.20. The van der Waals surface area contributed by atoms with Gasteiger partial charge in [0.25, 0.3) is 15.9 Å². The van der Waals surface area contributed by atoms with Crippen LogP contribution in [0.3, 0.4) is 0 Å². The van der Waals surface area contributed by atoms with Gasteiger partial charge in [-0.2, -0.15) is 5.10 Å². The number of benzene rings is 1. The molecule has 1 aromatic rings. The fourth-order valence-corrected chi connectivity index (χ4v) is 3.82. The summed E-state index contributed by atoms with van der Waals surface area (Å²) in [6.45, 7) is 0.632. The van der Waals surface area contributed by atoms with E-state index < -0.39 is 15.9 Å². The number of hydrazone groups is 1. The average Bonchev–Trinajstić information content (AvgIpc) is 2.91. The molecule has 3 N–H and O–H groups in total. The highest BCUT2D eigenvalue weighted by atomic mass is 32.2. The largest absolute Gasteiger partial charge is 0.321 e. The second kappa shape index (κ2) is 8.30. The molecule has 2 heterocycles. The van der Waals surface area contributed by atoms with Crippen molar-refractivity contribution in [1.29, 1.82) is 0 Å². The van der Waals surface area contributed by atoms with Gasteiger partial charge in [-0.05, 0) is 37.1 Å². The molecular formula is C17H21N5O4S. The molecule has 27 heavy (non-hydrogen) atoms. The SMILES string of the molecule is O=C1CCC(C(=O)Nc2ccc(S(=O)(=O)NC3=NCCCCC3)cc2)=NN1. The van der Waals surface area contributed by atoms with E-state index in [0.717, 1.165) is 19.3 Å². The average molecular weight is 391 g/mol. The van der Waals surface area contributed by atoms with Crippen molar-refractivity contribution in [2.45, 2.75) is 43.4 Å². The van der Waals surface area contributed by atoms with E-state index in [1.807, 2.05) is 0 Å². The van der Waals surface area contributed by atoms with Gasteiger partial charge in [0.05, 0.1) is 4.90 Å². The zero-order valence-corrected chi connectivity index (χ0v) is 15.5. The molecule has 0 aromatic heterocycles. The third-order valence-corrected chi connectivity index (χ3v) is 5.61. The highest BCUT2D eigenvalue weighted by molar-refractivity contribution is 7.90. The summed E-state index contributed by atoms with van der Waals surface area (Å²) in [4.78, 5) is 27.5. The van der Waals surface area contributed by atoms with Gasteiger partial charge in [0, 0.05) is 31.5 Å². The summed E-state index contributed by atoms with van der Waals surface area (Å²) >= 11 is 0. The second-order valence-corrected chi connectivity index (χ2v) is 8.00. The number of nitrogens with zero attached hydrogens (tertiary/aromatic N) is 2. The summed E-state index contributed by atoms with van der Waals surface area (Å²) in [5, 5.41) is 6.36. The molecule has 0 bridgehead atoms. The lowest BCUT2D eigenvalue weighted by atomic mass is 10.1. The molecule has 0 spiro atoms. The van der Waals surface area contributed by atoms with Crippen LogP contribution in [0, 0.1) is 0 Å². The quantitative estimate of drug-likeness (QED) is 0.711. The van der Waals surface area contributed by atoms with Gasteiger partial charge in [0.2, 0.25) is 5.91 Å². The van der Waals surface area contributed by atoms with Gasteiger partial charge >= 0.3 is 0 Å². The molecule has 0 aliphatic carbocycles. The third-order valence-electron chi connectivity index (χ3n) is 4.22. The molecule has 2 aliphatic rings. The lowest BCUT2D eigenvalue weighted by Crippen LogP contribution is -2.32. The van der Waals surface area contributed by atoms with Gasteiger partial charge in [-0.15, -0.1) is 0 Å². The molecule has 1 aromatic carbocycles. The van der Waals surface area contributed by atoms with Crippen LogP contribution in [0.25, 0.3) is 0 Å². The van der Waals surface area contributed by atoms with E-state index in [4.69, 9.17) is 0 Å². The molecule has 2 aliphatic heterocycles. The number of amides is 2. The van der Waals surface area contributed by atoms with Crippen LogP contribution in [-0.2, 0) is 19.6 Å². The van der Waals surface area contributed by atoms with Gasteiger partial charge in [0.15, 0.2) is 0 Å². The van der Waals surface area contributed by atoms with Crippen LogP contribution < -0.4 is 15.5 Å². The molecule has 0 saturated heterocycles. The zero-order valence-electron chi connectivity index (χ0n) is 14.7. The molecule has 144 valence electrons. The highest BCUT2D eigenvalue weighted by Crippen LogP contribution is 2.16. The van der Waals surface area contributed by atoms with Crippen molar-refractivity contribution < 1.29 is 18.0 Å². The fraction of sp³-hybridized carbons (Fsp3) is 0.412. The first-order valence-electron chi connectivity index (χ1n) is 8.77. The topological polar surface area (TPSA) is 129 Å². The molecule has 0 radical (unpaired) electrons. The smallest absolute Gasteiger partial charge is 0.271 e. The Kier molecular flexibility index (Phi) is 5.84. The number of hydrogen-bond acceptors (Lipinski definition) is 6. The van der Waals surface area contributed by atoms with Crippen molar-refractivity contribution in [2.75, 3.05) is 11.9 Å². The first-order valence-corrected chi connectivity index (χ1v) is 10.3. The Labute approximate surface area is 157 Å².